The number of carbonyl (C=O) groups is 2. The number of nitrogens with one attached hydrogen (secondary N) is 2. The lowest BCUT2D eigenvalue weighted by Gasteiger charge is -2.46. The average molecular weight is 423 g/mol. The third-order valence-electron chi connectivity index (χ3n) is 6.16. The maximum atomic E-state index is 11.8. The zero-order valence-electron chi connectivity index (χ0n) is 19.9. The van der Waals surface area contributed by atoms with Crippen molar-refractivity contribution in [1.29, 1.82) is 0 Å². The van der Waals surface area contributed by atoms with E-state index in [0.717, 1.165) is 60.8 Å². The number of quaternary nitrogens is 2. The molecule has 1 aliphatic rings. The van der Waals surface area contributed by atoms with Crippen LogP contribution < -0.4 is 10.6 Å². The molecule has 30 heavy (non-hydrogen) atoms. The van der Waals surface area contributed by atoms with Crippen LogP contribution in [0.2, 0.25) is 0 Å². The molecule has 0 unspecified atom stereocenters. The molecule has 1 aliphatic heterocycles. The molecule has 0 radical (unpaired) electrons. The molecule has 0 aliphatic carbocycles. The summed E-state index contributed by atoms with van der Waals surface area (Å²) in [5, 5.41) is 6.06. The molecule has 1 saturated heterocycles. The minimum atomic E-state index is 0.124. The van der Waals surface area contributed by atoms with E-state index >= 15 is 0 Å². The van der Waals surface area contributed by atoms with Crippen molar-refractivity contribution in [1.82, 2.24) is 10.6 Å². The van der Waals surface area contributed by atoms with Gasteiger partial charge < -0.3 is 19.6 Å². The van der Waals surface area contributed by atoms with Gasteiger partial charge in [-0.15, -0.1) is 0 Å². The van der Waals surface area contributed by atoms with Crippen LogP contribution in [-0.2, 0) is 9.59 Å². The van der Waals surface area contributed by atoms with Crippen LogP contribution in [0.5, 0.6) is 0 Å². The highest BCUT2D eigenvalue weighted by molar-refractivity contribution is 5.77. The fourth-order valence-electron chi connectivity index (χ4n) is 3.87. The Morgan fingerprint density at radius 3 is 1.40 bits per heavy atom. The average Bonchev–Trinajstić information content (AvgIpc) is 2.72. The standard InChI is InChI=1S/C24H44N4O2/c1-5-7-9-13-23(29)25-15-11-17-27(3)19-21-28(4,22-20-27)18-12-16-26-24(30)14-10-8-6-2/h7-10H,5-6,11-22H2,1-4H3/p+2/b9-7-,10-8-. The molecule has 2 amide bonds. The highest BCUT2D eigenvalue weighted by Gasteiger charge is 2.36. The summed E-state index contributed by atoms with van der Waals surface area (Å²) in [7, 11) is 4.69. The van der Waals surface area contributed by atoms with Gasteiger partial charge in [-0.25, -0.2) is 0 Å². The first-order chi connectivity index (χ1) is 14.3. The third kappa shape index (κ3) is 11.5. The number of nitrogens with zero attached hydrogens (tertiary/aromatic N) is 2. The number of hydrogen-bond acceptors (Lipinski definition) is 2. The molecule has 0 atom stereocenters. The van der Waals surface area contributed by atoms with E-state index in [1.165, 1.54) is 26.2 Å². The van der Waals surface area contributed by atoms with Crippen LogP contribution in [0, 0.1) is 0 Å². The second kappa shape index (κ2) is 14.4. The van der Waals surface area contributed by atoms with Crippen LogP contribution in [0.25, 0.3) is 0 Å². The van der Waals surface area contributed by atoms with Crippen molar-refractivity contribution < 1.29 is 18.6 Å². The summed E-state index contributed by atoms with van der Waals surface area (Å²) in [6.07, 6.45) is 13.0. The van der Waals surface area contributed by atoms with Gasteiger partial charge in [0.05, 0.1) is 27.2 Å². The van der Waals surface area contributed by atoms with Gasteiger partial charge in [0.15, 0.2) is 0 Å². The highest BCUT2D eigenvalue weighted by atomic mass is 16.2. The minimum absolute atomic E-state index is 0.124. The summed E-state index contributed by atoms with van der Waals surface area (Å²) in [6.45, 7) is 12.6. The molecule has 0 spiro atoms. The quantitative estimate of drug-likeness (QED) is 0.257. The first-order valence-corrected chi connectivity index (χ1v) is 11.8. The van der Waals surface area contributed by atoms with Crippen LogP contribution in [0.4, 0.5) is 0 Å². The van der Waals surface area contributed by atoms with E-state index in [2.05, 4.69) is 38.6 Å². The fourth-order valence-corrected chi connectivity index (χ4v) is 3.87. The monoisotopic (exact) mass is 422 g/mol. The first kappa shape index (κ1) is 26.4. The Morgan fingerprint density at radius 1 is 0.700 bits per heavy atom. The lowest BCUT2D eigenvalue weighted by Crippen LogP contribution is -2.64. The van der Waals surface area contributed by atoms with Gasteiger partial charge in [-0.3, -0.25) is 9.59 Å². The number of rotatable bonds is 14. The summed E-state index contributed by atoms with van der Waals surface area (Å²) in [6, 6.07) is 0. The molecule has 0 aromatic heterocycles. The summed E-state index contributed by atoms with van der Waals surface area (Å²) < 4.78 is 2.19. The molecule has 1 fully saturated rings. The van der Waals surface area contributed by atoms with Crippen LogP contribution in [0.15, 0.2) is 24.3 Å². The van der Waals surface area contributed by atoms with Crippen LogP contribution in [0.3, 0.4) is 0 Å². The Balaban J connectivity index is 2.19. The van der Waals surface area contributed by atoms with Gasteiger partial charge >= 0.3 is 0 Å². The van der Waals surface area contributed by atoms with E-state index in [4.69, 9.17) is 0 Å². The van der Waals surface area contributed by atoms with Crippen molar-refractivity contribution in [2.45, 2.75) is 52.4 Å². The van der Waals surface area contributed by atoms with Crippen molar-refractivity contribution >= 4 is 11.8 Å². The van der Waals surface area contributed by atoms with E-state index in [0.29, 0.717) is 12.8 Å². The van der Waals surface area contributed by atoms with Crippen molar-refractivity contribution in [2.24, 2.45) is 0 Å². The van der Waals surface area contributed by atoms with E-state index in [-0.39, 0.29) is 11.8 Å². The maximum absolute atomic E-state index is 11.8. The van der Waals surface area contributed by atoms with Crippen LogP contribution in [0.1, 0.15) is 52.4 Å². The van der Waals surface area contributed by atoms with Gasteiger partial charge in [-0.1, -0.05) is 38.2 Å². The summed E-state index contributed by atoms with van der Waals surface area (Å²) in [4.78, 5) is 23.5. The summed E-state index contributed by atoms with van der Waals surface area (Å²) in [5.74, 6) is 0.248. The molecule has 172 valence electrons. The number of allylic oxidation sites excluding steroid dienone is 2. The smallest absolute Gasteiger partial charge is 0.223 e. The minimum Gasteiger partial charge on any atom is -0.356 e. The Bertz CT molecular complexity index is 514. The lowest BCUT2D eigenvalue weighted by atomic mass is 10.2. The van der Waals surface area contributed by atoms with E-state index < -0.39 is 0 Å². The van der Waals surface area contributed by atoms with Gasteiger partial charge in [0, 0.05) is 38.8 Å². The second-order valence-corrected chi connectivity index (χ2v) is 9.16. The van der Waals surface area contributed by atoms with Gasteiger partial charge in [-0.05, 0) is 12.8 Å². The first-order valence-electron chi connectivity index (χ1n) is 11.8. The molecule has 6 nitrogen and oxygen atoms in total. The normalized spacial score (nSPS) is 24.4. The molecule has 6 heteroatoms. The predicted molar refractivity (Wildman–Crippen MR) is 125 cm³/mol. The zero-order chi connectivity index (χ0) is 22.3. The molecule has 0 bridgehead atoms. The molecular weight excluding hydrogens is 376 g/mol. The molecule has 0 aromatic carbocycles. The van der Waals surface area contributed by atoms with Gasteiger partial charge in [0.2, 0.25) is 11.8 Å². The fraction of sp³-hybridized carbons (Fsp3) is 0.750. The highest BCUT2D eigenvalue weighted by Crippen LogP contribution is 2.16. The van der Waals surface area contributed by atoms with E-state index in [1.807, 2.05) is 24.3 Å². The van der Waals surface area contributed by atoms with Gasteiger partial charge in [0.25, 0.3) is 0 Å². The maximum Gasteiger partial charge on any atom is 0.223 e. The second-order valence-electron chi connectivity index (χ2n) is 9.16. The van der Waals surface area contributed by atoms with Gasteiger partial charge in [0.1, 0.15) is 26.2 Å². The van der Waals surface area contributed by atoms with Crippen LogP contribution in [-0.4, -0.2) is 87.2 Å². The topological polar surface area (TPSA) is 58.2 Å². The third-order valence-corrected chi connectivity index (χ3v) is 6.16. The number of piperazine rings is 1. The SMILES string of the molecule is CC/C=C\CC(=O)NCCC[N+]1(C)CC[N+](C)(CCCNC(=O)C/C=C\CC)CC1. The predicted octanol–water partition coefficient (Wildman–Crippen LogP) is 2.62. The largest absolute Gasteiger partial charge is 0.356 e. The molecule has 0 aromatic rings. The lowest BCUT2D eigenvalue weighted by molar-refractivity contribution is -1.02. The van der Waals surface area contributed by atoms with E-state index in [1.54, 1.807) is 0 Å². The molecule has 1 heterocycles. The number of likely N-dealkylation sites (N-methyl/N-ethyl adjacent to an activating group) is 2. The Labute approximate surface area is 184 Å². The summed E-state index contributed by atoms with van der Waals surface area (Å²) in [5.41, 5.74) is 0. The van der Waals surface area contributed by atoms with Gasteiger partial charge in [-0.2, -0.15) is 0 Å². The number of amides is 2. The van der Waals surface area contributed by atoms with Crippen molar-refractivity contribution in [2.75, 3.05) is 66.5 Å². The zero-order valence-corrected chi connectivity index (χ0v) is 19.9. The number of hydrogen-bond donors (Lipinski definition) is 2. The molecule has 2 N–H and O–H groups in total. The molecule has 0 saturated carbocycles. The van der Waals surface area contributed by atoms with Crippen LogP contribution >= 0.6 is 0 Å². The Morgan fingerprint density at radius 2 is 1.07 bits per heavy atom. The number of carbonyl (C=O) groups excluding carboxylic acids is 2. The van der Waals surface area contributed by atoms with Crippen molar-refractivity contribution in [3.05, 3.63) is 24.3 Å². The molecular formula is C24H46N4O2+2. The molecule has 1 rings (SSSR count). The van der Waals surface area contributed by atoms with Crippen molar-refractivity contribution in [3.8, 4) is 0 Å². The Kier molecular flexibility index (Phi) is 12.6. The summed E-state index contributed by atoms with van der Waals surface area (Å²) >= 11 is 0. The Hall–Kier alpha value is -1.66. The van der Waals surface area contributed by atoms with E-state index in [9.17, 15) is 9.59 Å². The van der Waals surface area contributed by atoms with Crippen molar-refractivity contribution in [3.63, 3.8) is 0 Å².